The Morgan fingerprint density at radius 1 is 1.47 bits per heavy atom. The Kier molecular flexibility index (Phi) is 3.66. The first kappa shape index (κ1) is 11.5. The van der Waals surface area contributed by atoms with E-state index >= 15 is 0 Å². The van der Waals surface area contributed by atoms with Gasteiger partial charge in [-0.05, 0) is 26.8 Å². The molecular weight excluding hydrogens is 192 g/mol. The van der Waals surface area contributed by atoms with E-state index in [2.05, 4.69) is 5.32 Å². The van der Waals surface area contributed by atoms with Crippen molar-refractivity contribution >= 4 is 11.7 Å². The Balaban J connectivity index is 2.57. The van der Waals surface area contributed by atoms with Gasteiger partial charge in [0, 0.05) is 24.0 Å². The van der Waals surface area contributed by atoms with E-state index in [1.807, 2.05) is 13.8 Å². The number of hydrogen-bond acceptors (Lipinski definition) is 2. The van der Waals surface area contributed by atoms with Crippen LogP contribution >= 0.6 is 0 Å². The van der Waals surface area contributed by atoms with Crippen molar-refractivity contribution in [3.8, 4) is 0 Å². The van der Waals surface area contributed by atoms with Gasteiger partial charge in [-0.1, -0.05) is 0 Å². The molecule has 0 radical (unpaired) electrons. The smallest absolute Gasteiger partial charge is 0.240 e. The zero-order valence-electron chi connectivity index (χ0n) is 9.28. The van der Waals surface area contributed by atoms with E-state index in [0.29, 0.717) is 5.56 Å². The van der Waals surface area contributed by atoms with Gasteiger partial charge in [0.2, 0.25) is 5.91 Å². The number of nitrogens with one attached hydrogen (secondary N) is 1. The number of aromatic nitrogens is 1. The Morgan fingerprint density at radius 2 is 2.13 bits per heavy atom. The number of Topliss-reactive ketones (excluding diaryl/α,β-unsaturated/α-hetero) is 1. The van der Waals surface area contributed by atoms with Crippen LogP contribution in [0.3, 0.4) is 0 Å². The lowest BCUT2D eigenvalue weighted by Gasteiger charge is -2.08. The molecule has 0 aliphatic carbocycles. The molecule has 1 aromatic rings. The molecule has 0 spiro atoms. The molecule has 0 saturated heterocycles. The maximum Gasteiger partial charge on any atom is 0.240 e. The third-order valence-electron chi connectivity index (χ3n) is 1.93. The lowest BCUT2D eigenvalue weighted by molar-refractivity contribution is -0.122. The summed E-state index contributed by atoms with van der Waals surface area (Å²) >= 11 is 0. The Labute approximate surface area is 89.3 Å². The van der Waals surface area contributed by atoms with Gasteiger partial charge in [0.1, 0.15) is 6.54 Å². The molecule has 0 aromatic carbocycles. The molecule has 0 bridgehead atoms. The average Bonchev–Trinajstić information content (AvgIpc) is 2.50. The molecule has 0 atom stereocenters. The molecule has 4 heteroatoms. The fourth-order valence-corrected chi connectivity index (χ4v) is 1.28. The molecule has 4 nitrogen and oxygen atoms in total. The number of rotatable bonds is 4. The van der Waals surface area contributed by atoms with Crippen LogP contribution < -0.4 is 5.32 Å². The molecule has 1 rings (SSSR count). The van der Waals surface area contributed by atoms with Crippen molar-refractivity contribution in [1.82, 2.24) is 9.88 Å². The van der Waals surface area contributed by atoms with E-state index in [1.165, 1.54) is 6.92 Å². The number of carbonyl (C=O) groups is 2. The van der Waals surface area contributed by atoms with Crippen molar-refractivity contribution in [2.24, 2.45) is 0 Å². The third-order valence-corrected chi connectivity index (χ3v) is 1.93. The van der Waals surface area contributed by atoms with Crippen LogP contribution in [0.25, 0.3) is 0 Å². The zero-order valence-corrected chi connectivity index (χ0v) is 9.28. The van der Waals surface area contributed by atoms with Gasteiger partial charge in [-0.2, -0.15) is 0 Å². The summed E-state index contributed by atoms with van der Waals surface area (Å²) in [5.74, 6) is -0.0336. The van der Waals surface area contributed by atoms with E-state index in [9.17, 15) is 9.59 Å². The fraction of sp³-hybridized carbons (Fsp3) is 0.455. The summed E-state index contributed by atoms with van der Waals surface area (Å²) in [6.07, 6.45) is 3.42. The molecule has 0 aliphatic rings. The SMILES string of the molecule is CC(=O)c1ccn(CC(=O)NC(C)C)c1. The van der Waals surface area contributed by atoms with Gasteiger partial charge < -0.3 is 9.88 Å². The minimum atomic E-state index is -0.0456. The van der Waals surface area contributed by atoms with Gasteiger partial charge >= 0.3 is 0 Å². The van der Waals surface area contributed by atoms with E-state index in [-0.39, 0.29) is 24.3 Å². The lowest BCUT2D eigenvalue weighted by Crippen LogP contribution is -2.32. The van der Waals surface area contributed by atoms with E-state index in [4.69, 9.17) is 0 Å². The molecule has 1 aromatic heterocycles. The summed E-state index contributed by atoms with van der Waals surface area (Å²) in [7, 11) is 0. The van der Waals surface area contributed by atoms with Gasteiger partial charge in [0.15, 0.2) is 5.78 Å². The number of nitrogens with zero attached hydrogens (tertiary/aromatic N) is 1. The number of ketones is 1. The molecular formula is C11H16N2O2. The van der Waals surface area contributed by atoms with Crippen molar-refractivity contribution in [3.63, 3.8) is 0 Å². The zero-order chi connectivity index (χ0) is 11.4. The highest BCUT2D eigenvalue weighted by atomic mass is 16.2. The second-order valence-electron chi connectivity index (χ2n) is 3.85. The van der Waals surface area contributed by atoms with Crippen LogP contribution in [0.15, 0.2) is 18.5 Å². The van der Waals surface area contributed by atoms with Crippen LogP contribution in [0.4, 0.5) is 0 Å². The van der Waals surface area contributed by atoms with Gasteiger partial charge in [0.05, 0.1) is 0 Å². The van der Waals surface area contributed by atoms with Crippen LogP contribution in [0, 0.1) is 0 Å². The number of hydrogen-bond donors (Lipinski definition) is 1. The first-order chi connectivity index (χ1) is 6.99. The van der Waals surface area contributed by atoms with Crippen LogP contribution in [-0.4, -0.2) is 22.3 Å². The number of amides is 1. The number of carbonyl (C=O) groups excluding carboxylic acids is 2. The van der Waals surface area contributed by atoms with Gasteiger partial charge in [0.25, 0.3) is 0 Å². The summed E-state index contributed by atoms with van der Waals surface area (Å²) in [5, 5.41) is 2.79. The van der Waals surface area contributed by atoms with Gasteiger partial charge in [-0.15, -0.1) is 0 Å². The van der Waals surface area contributed by atoms with E-state index in [1.54, 1.807) is 23.0 Å². The fourth-order valence-electron chi connectivity index (χ4n) is 1.28. The van der Waals surface area contributed by atoms with Crippen LogP contribution in [0.1, 0.15) is 31.1 Å². The van der Waals surface area contributed by atoms with Crippen molar-refractivity contribution in [2.45, 2.75) is 33.4 Å². The normalized spacial score (nSPS) is 10.4. The minimum absolute atomic E-state index is 0.0121. The first-order valence-corrected chi connectivity index (χ1v) is 4.95. The van der Waals surface area contributed by atoms with Gasteiger partial charge in [-0.25, -0.2) is 0 Å². The first-order valence-electron chi connectivity index (χ1n) is 4.95. The molecule has 0 saturated carbocycles. The highest BCUT2D eigenvalue weighted by molar-refractivity contribution is 5.93. The summed E-state index contributed by atoms with van der Waals surface area (Å²) in [5.41, 5.74) is 0.632. The van der Waals surface area contributed by atoms with E-state index in [0.717, 1.165) is 0 Å². The largest absolute Gasteiger partial charge is 0.352 e. The Bertz CT molecular complexity index is 366. The standard InChI is InChI=1S/C11H16N2O2/c1-8(2)12-11(15)7-13-5-4-10(6-13)9(3)14/h4-6,8H,7H2,1-3H3,(H,12,15). The lowest BCUT2D eigenvalue weighted by atomic mass is 10.2. The quantitative estimate of drug-likeness (QED) is 0.756. The maximum absolute atomic E-state index is 11.4. The van der Waals surface area contributed by atoms with Crippen molar-refractivity contribution < 1.29 is 9.59 Å². The topological polar surface area (TPSA) is 51.1 Å². The molecule has 0 unspecified atom stereocenters. The van der Waals surface area contributed by atoms with Crippen molar-refractivity contribution in [3.05, 3.63) is 24.0 Å². The van der Waals surface area contributed by atoms with Crippen LogP contribution in [0.2, 0.25) is 0 Å². The highest BCUT2D eigenvalue weighted by Crippen LogP contribution is 2.01. The summed E-state index contributed by atoms with van der Waals surface area (Å²) < 4.78 is 1.70. The molecule has 1 amide bonds. The highest BCUT2D eigenvalue weighted by Gasteiger charge is 2.06. The van der Waals surface area contributed by atoms with Crippen molar-refractivity contribution in [1.29, 1.82) is 0 Å². The Hall–Kier alpha value is -1.58. The Morgan fingerprint density at radius 3 is 2.60 bits per heavy atom. The minimum Gasteiger partial charge on any atom is -0.352 e. The monoisotopic (exact) mass is 208 g/mol. The van der Waals surface area contributed by atoms with Crippen LogP contribution in [-0.2, 0) is 11.3 Å². The molecule has 1 heterocycles. The van der Waals surface area contributed by atoms with Crippen LogP contribution in [0.5, 0.6) is 0 Å². The predicted molar refractivity (Wildman–Crippen MR) is 57.7 cm³/mol. The molecule has 0 aliphatic heterocycles. The molecule has 0 fully saturated rings. The second kappa shape index (κ2) is 4.77. The average molecular weight is 208 g/mol. The molecule has 82 valence electrons. The predicted octanol–water partition coefficient (Wildman–Crippen LogP) is 1.22. The maximum atomic E-state index is 11.4. The summed E-state index contributed by atoms with van der Waals surface area (Å²) in [4.78, 5) is 22.4. The molecule has 1 N–H and O–H groups in total. The van der Waals surface area contributed by atoms with E-state index < -0.39 is 0 Å². The summed E-state index contributed by atoms with van der Waals surface area (Å²) in [6.45, 7) is 5.59. The van der Waals surface area contributed by atoms with Crippen molar-refractivity contribution in [2.75, 3.05) is 0 Å². The van der Waals surface area contributed by atoms with Gasteiger partial charge in [-0.3, -0.25) is 9.59 Å². The molecule has 15 heavy (non-hydrogen) atoms. The summed E-state index contributed by atoms with van der Waals surface area (Å²) in [6, 6.07) is 1.85. The third kappa shape index (κ3) is 3.58. The second-order valence-corrected chi connectivity index (χ2v) is 3.85.